The van der Waals surface area contributed by atoms with Crippen molar-refractivity contribution in [3.05, 3.63) is 101 Å². The summed E-state index contributed by atoms with van der Waals surface area (Å²) in [4.78, 5) is 14.4. The second-order valence-corrected chi connectivity index (χ2v) is 8.86. The van der Waals surface area contributed by atoms with E-state index in [1.165, 1.54) is 0 Å². The van der Waals surface area contributed by atoms with Crippen LogP contribution < -0.4 is 5.30 Å². The molecule has 36 heavy (non-hydrogen) atoms. The van der Waals surface area contributed by atoms with Crippen molar-refractivity contribution in [3.63, 3.8) is 0 Å². The maximum absolute atomic E-state index is 14.8. The third-order valence-electron chi connectivity index (χ3n) is 6.02. The maximum Gasteiger partial charge on any atom is 0.150 e. The van der Waals surface area contributed by atoms with Crippen molar-refractivity contribution in [2.45, 2.75) is 0 Å². The Labute approximate surface area is 207 Å². The van der Waals surface area contributed by atoms with E-state index in [-0.39, 0.29) is 16.7 Å². The second kappa shape index (κ2) is 9.19. The second-order valence-electron chi connectivity index (χ2n) is 8.19. The zero-order valence-electron chi connectivity index (χ0n) is 18.6. The van der Waals surface area contributed by atoms with Crippen LogP contribution in [0.25, 0.3) is 44.4 Å². The molecule has 1 heterocycles. The Morgan fingerprint density at radius 2 is 1.42 bits per heavy atom. The van der Waals surface area contributed by atoms with E-state index < -0.39 is 11.6 Å². The first-order chi connectivity index (χ1) is 17.4. The number of carbonyl (C=O) groups excluding carboxylic acids is 1. The summed E-state index contributed by atoms with van der Waals surface area (Å²) in [5.74, 6) is -1.69. The van der Waals surface area contributed by atoms with Crippen molar-refractivity contribution in [2.75, 3.05) is 0 Å². The minimum absolute atomic E-state index is 0.0896. The Balaban J connectivity index is 1.82. The lowest BCUT2D eigenvalue weighted by molar-refractivity contribution is 0.112. The van der Waals surface area contributed by atoms with Gasteiger partial charge in [0.05, 0.1) is 34.5 Å². The van der Waals surface area contributed by atoms with E-state index in [1.807, 2.05) is 18.2 Å². The molecule has 0 aliphatic carbocycles. The Morgan fingerprint density at radius 1 is 0.778 bits per heavy atom. The number of halogens is 2. The van der Waals surface area contributed by atoms with Gasteiger partial charge in [0.1, 0.15) is 17.9 Å². The summed E-state index contributed by atoms with van der Waals surface area (Å²) < 4.78 is 29.6. The summed E-state index contributed by atoms with van der Waals surface area (Å²) in [5, 5.41) is 21.4. The van der Waals surface area contributed by atoms with Gasteiger partial charge in [-0.15, -0.1) is 9.24 Å². The lowest BCUT2D eigenvalue weighted by Crippen LogP contribution is -1.95. The van der Waals surface area contributed by atoms with Crippen molar-refractivity contribution < 1.29 is 13.6 Å². The molecule has 0 amide bonds. The molecule has 0 spiro atoms. The van der Waals surface area contributed by atoms with Gasteiger partial charge in [-0.1, -0.05) is 30.3 Å². The van der Waals surface area contributed by atoms with Crippen molar-refractivity contribution in [1.29, 1.82) is 10.5 Å². The molecule has 0 aliphatic rings. The van der Waals surface area contributed by atoms with Crippen LogP contribution >= 0.6 is 9.24 Å². The van der Waals surface area contributed by atoms with Gasteiger partial charge in [-0.05, 0) is 58.9 Å². The number of carbonyl (C=O) groups is 1. The van der Waals surface area contributed by atoms with Gasteiger partial charge in [0.2, 0.25) is 0 Å². The monoisotopic (exact) mass is 491 g/mol. The Hall–Kier alpha value is -4.64. The molecule has 172 valence electrons. The number of nitrogens with zero attached hydrogens (tertiary/aromatic N) is 2. The van der Waals surface area contributed by atoms with Crippen LogP contribution in [-0.2, 0) is 0 Å². The largest absolute Gasteiger partial charge is 0.354 e. The van der Waals surface area contributed by atoms with Gasteiger partial charge in [0.15, 0.2) is 0 Å². The molecule has 4 nitrogen and oxygen atoms in total. The fourth-order valence-electron chi connectivity index (χ4n) is 4.46. The number of aromatic amines is 1. The predicted molar refractivity (Wildman–Crippen MR) is 139 cm³/mol. The molecular weight excluding hydrogens is 475 g/mol. The van der Waals surface area contributed by atoms with Crippen LogP contribution in [0, 0.1) is 34.3 Å². The summed E-state index contributed by atoms with van der Waals surface area (Å²) in [6.07, 6.45) is 0.392. The molecule has 0 saturated carbocycles. The molecule has 5 rings (SSSR count). The first-order valence-electron chi connectivity index (χ1n) is 10.8. The molecule has 1 aromatic heterocycles. The molecule has 0 aliphatic heterocycles. The lowest BCUT2D eigenvalue weighted by Gasteiger charge is -2.12. The predicted octanol–water partition coefficient (Wildman–Crippen LogP) is 6.50. The molecule has 0 saturated heterocycles. The molecular formula is C29H16F2N3OP. The van der Waals surface area contributed by atoms with Crippen LogP contribution in [-0.4, -0.2) is 11.3 Å². The Morgan fingerprint density at radius 3 is 2.06 bits per heavy atom. The fourth-order valence-corrected chi connectivity index (χ4v) is 4.72. The maximum atomic E-state index is 14.8. The van der Waals surface area contributed by atoms with Crippen molar-refractivity contribution in [2.24, 2.45) is 0 Å². The zero-order chi connectivity index (χ0) is 25.4. The summed E-state index contributed by atoms with van der Waals surface area (Å²) >= 11 is 0. The molecule has 1 atom stereocenters. The first kappa shape index (κ1) is 23.1. The van der Waals surface area contributed by atoms with Crippen molar-refractivity contribution >= 4 is 31.7 Å². The van der Waals surface area contributed by atoms with E-state index in [0.29, 0.717) is 39.8 Å². The topological polar surface area (TPSA) is 80.4 Å². The van der Waals surface area contributed by atoms with E-state index in [9.17, 15) is 24.1 Å². The molecule has 4 aromatic carbocycles. The molecule has 0 radical (unpaired) electrons. The van der Waals surface area contributed by atoms with Gasteiger partial charge in [0, 0.05) is 27.6 Å². The molecule has 1 N–H and O–H groups in total. The van der Waals surface area contributed by atoms with Crippen LogP contribution in [0.5, 0.6) is 0 Å². The van der Waals surface area contributed by atoms with Gasteiger partial charge in [-0.3, -0.25) is 4.79 Å². The van der Waals surface area contributed by atoms with Crippen molar-refractivity contribution in [3.8, 4) is 45.6 Å². The normalized spacial score (nSPS) is 10.7. The highest BCUT2D eigenvalue weighted by Gasteiger charge is 2.22. The number of aldehydes is 1. The SMILES string of the molecule is N#Cc1cccc(C#N)c1-c1c(-c2cccc(-c3c(F)cc(C=O)cc3F)c2)[nH]c2ccc(P)cc12. The third kappa shape index (κ3) is 3.85. The molecule has 7 heteroatoms. The number of benzene rings is 4. The Bertz CT molecular complexity index is 1720. The summed E-state index contributed by atoms with van der Waals surface area (Å²) in [7, 11) is 2.64. The van der Waals surface area contributed by atoms with Crippen LogP contribution in [0.3, 0.4) is 0 Å². The van der Waals surface area contributed by atoms with Gasteiger partial charge in [-0.25, -0.2) is 8.78 Å². The lowest BCUT2D eigenvalue weighted by atomic mass is 9.90. The molecule has 5 aromatic rings. The van der Waals surface area contributed by atoms with E-state index in [4.69, 9.17) is 0 Å². The smallest absolute Gasteiger partial charge is 0.150 e. The van der Waals surface area contributed by atoms with Gasteiger partial charge in [0.25, 0.3) is 0 Å². The zero-order valence-corrected chi connectivity index (χ0v) is 19.8. The highest BCUT2D eigenvalue weighted by molar-refractivity contribution is 7.27. The van der Waals surface area contributed by atoms with Crippen LogP contribution in [0.1, 0.15) is 21.5 Å². The minimum Gasteiger partial charge on any atom is -0.354 e. The van der Waals surface area contributed by atoms with Crippen LogP contribution in [0.15, 0.2) is 72.8 Å². The third-order valence-corrected chi connectivity index (χ3v) is 6.38. The number of H-pyrrole nitrogens is 1. The molecule has 0 fully saturated rings. The van der Waals surface area contributed by atoms with Crippen molar-refractivity contribution in [1.82, 2.24) is 4.98 Å². The number of nitrogens with one attached hydrogen (secondary N) is 1. The van der Waals surface area contributed by atoms with E-state index >= 15 is 0 Å². The fraction of sp³-hybridized carbons (Fsp3) is 0. The van der Waals surface area contributed by atoms with Gasteiger partial charge < -0.3 is 4.98 Å². The number of rotatable bonds is 4. The van der Waals surface area contributed by atoms with E-state index in [1.54, 1.807) is 42.5 Å². The number of hydrogen-bond donors (Lipinski definition) is 1. The van der Waals surface area contributed by atoms with E-state index in [2.05, 4.69) is 26.4 Å². The first-order valence-corrected chi connectivity index (χ1v) is 11.4. The summed E-state index contributed by atoms with van der Waals surface area (Å²) in [6, 6.07) is 23.7. The highest BCUT2D eigenvalue weighted by Crippen LogP contribution is 2.42. The number of hydrogen-bond acceptors (Lipinski definition) is 3. The van der Waals surface area contributed by atoms with Crippen LogP contribution in [0.2, 0.25) is 0 Å². The number of aromatic nitrogens is 1. The van der Waals surface area contributed by atoms with Gasteiger partial charge >= 0.3 is 0 Å². The standard InChI is InChI=1S/C29H16F2N3OP/c30-23-9-16(15-35)10-24(31)27(23)17-3-1-4-18(11-17)29-28(22-12-21(36)7-8-25(22)34-29)26-19(13-32)5-2-6-20(26)14-33/h1-12,15,34H,36H2. The average molecular weight is 491 g/mol. The number of fused-ring (bicyclic) bond motifs is 1. The average Bonchev–Trinajstić information content (AvgIpc) is 3.26. The summed E-state index contributed by atoms with van der Waals surface area (Å²) in [6.45, 7) is 0. The molecule has 0 bridgehead atoms. The minimum atomic E-state index is -0.847. The van der Waals surface area contributed by atoms with Crippen LogP contribution in [0.4, 0.5) is 8.78 Å². The highest BCUT2D eigenvalue weighted by atomic mass is 31.0. The van der Waals surface area contributed by atoms with E-state index in [0.717, 1.165) is 28.3 Å². The Kier molecular flexibility index (Phi) is 5.90. The van der Waals surface area contributed by atoms with Gasteiger partial charge in [-0.2, -0.15) is 10.5 Å². The summed E-state index contributed by atoms with van der Waals surface area (Å²) in [5.41, 5.74) is 3.74. The molecule has 1 unspecified atom stereocenters. The quantitative estimate of drug-likeness (QED) is 0.230. The number of nitriles is 2.